The zero-order valence-corrected chi connectivity index (χ0v) is 15.6. The van der Waals surface area contributed by atoms with E-state index < -0.39 is 41.4 Å². The number of fused-ring (bicyclic) bond motifs is 2. The van der Waals surface area contributed by atoms with Crippen LogP contribution in [-0.2, 0) is 14.4 Å². The minimum Gasteiger partial charge on any atom is -0.454 e. The van der Waals surface area contributed by atoms with Crippen LogP contribution in [0.3, 0.4) is 0 Å². The van der Waals surface area contributed by atoms with Gasteiger partial charge < -0.3 is 14.8 Å². The molecule has 3 aliphatic rings. The van der Waals surface area contributed by atoms with Gasteiger partial charge in [-0.05, 0) is 24.3 Å². The van der Waals surface area contributed by atoms with Crippen LogP contribution in [-0.4, -0.2) is 48.2 Å². The minimum absolute atomic E-state index is 0.0918. The summed E-state index contributed by atoms with van der Waals surface area (Å²) in [5.41, 5.74) is 0.322. The third-order valence-electron chi connectivity index (χ3n) is 4.98. The van der Waals surface area contributed by atoms with Gasteiger partial charge in [-0.25, -0.2) is 13.7 Å². The number of amides is 3. The molecule has 2 aromatic carbocycles. The molecule has 0 radical (unpaired) electrons. The first-order valence-electron chi connectivity index (χ1n) is 9.12. The highest BCUT2D eigenvalue weighted by atomic mass is 19.2. The first-order chi connectivity index (χ1) is 14.9. The molecule has 0 bridgehead atoms. The molecule has 1 saturated heterocycles. The van der Waals surface area contributed by atoms with E-state index in [1.54, 1.807) is 18.2 Å². The van der Waals surface area contributed by atoms with Crippen molar-refractivity contribution in [2.45, 2.75) is 12.1 Å². The van der Waals surface area contributed by atoms with Crippen molar-refractivity contribution < 1.29 is 32.6 Å². The van der Waals surface area contributed by atoms with Crippen molar-refractivity contribution in [2.24, 2.45) is 10.3 Å². The standard InChI is InChI=1S/C19H13F2N5O5/c20-11-3-2-10(6-12(11)21)26-18(28)16-17(19(26)29)25(24-23-16)7-15(27)22-9-1-4-13-14(5-9)31-8-30-13/h1-6,16-17H,7-8H2,(H,22,27)/t16-,17-/m1/s1. The summed E-state index contributed by atoms with van der Waals surface area (Å²) in [5.74, 6) is -3.24. The molecule has 0 spiro atoms. The number of benzene rings is 2. The summed E-state index contributed by atoms with van der Waals surface area (Å²) in [6.07, 6.45) is 0. The van der Waals surface area contributed by atoms with E-state index in [-0.39, 0.29) is 19.0 Å². The fourth-order valence-electron chi connectivity index (χ4n) is 3.55. The smallest absolute Gasteiger partial charge is 0.263 e. The van der Waals surface area contributed by atoms with Gasteiger partial charge in [0.1, 0.15) is 6.54 Å². The molecule has 3 heterocycles. The molecule has 10 nitrogen and oxygen atoms in total. The number of imide groups is 1. The number of carbonyl (C=O) groups excluding carboxylic acids is 3. The first kappa shape index (κ1) is 18.9. The molecule has 0 aromatic heterocycles. The molecule has 1 fully saturated rings. The van der Waals surface area contributed by atoms with E-state index in [9.17, 15) is 23.2 Å². The number of anilines is 2. The van der Waals surface area contributed by atoms with E-state index >= 15 is 0 Å². The van der Waals surface area contributed by atoms with Crippen molar-refractivity contribution in [2.75, 3.05) is 23.6 Å². The fraction of sp³-hybridized carbons (Fsp3) is 0.211. The third kappa shape index (κ3) is 3.12. The summed E-state index contributed by atoms with van der Waals surface area (Å²) in [7, 11) is 0. The van der Waals surface area contributed by atoms with Crippen LogP contribution >= 0.6 is 0 Å². The third-order valence-corrected chi connectivity index (χ3v) is 4.98. The summed E-state index contributed by atoms with van der Waals surface area (Å²) < 4.78 is 37.2. The predicted molar refractivity (Wildman–Crippen MR) is 99.2 cm³/mol. The van der Waals surface area contributed by atoms with Gasteiger partial charge in [-0.2, -0.15) is 5.11 Å². The average Bonchev–Trinajstić information content (AvgIpc) is 3.42. The normalized spacial score (nSPS) is 21.1. The predicted octanol–water partition coefficient (Wildman–Crippen LogP) is 1.63. The van der Waals surface area contributed by atoms with Gasteiger partial charge in [0.25, 0.3) is 11.8 Å². The maximum atomic E-state index is 13.6. The van der Waals surface area contributed by atoms with E-state index in [1.165, 1.54) is 0 Å². The molecule has 5 rings (SSSR count). The molecule has 3 aliphatic heterocycles. The van der Waals surface area contributed by atoms with Gasteiger partial charge in [-0.15, -0.1) is 0 Å². The molecule has 12 heteroatoms. The quantitative estimate of drug-likeness (QED) is 0.740. The number of ether oxygens (including phenoxy) is 2. The summed E-state index contributed by atoms with van der Waals surface area (Å²) in [4.78, 5) is 38.6. The van der Waals surface area contributed by atoms with Crippen LogP contribution in [0.15, 0.2) is 46.7 Å². The lowest BCUT2D eigenvalue weighted by Crippen LogP contribution is -2.43. The van der Waals surface area contributed by atoms with Crippen molar-refractivity contribution in [3.8, 4) is 11.5 Å². The van der Waals surface area contributed by atoms with Gasteiger partial charge in [-0.1, -0.05) is 5.22 Å². The van der Waals surface area contributed by atoms with Crippen LogP contribution in [0.2, 0.25) is 0 Å². The fourth-order valence-corrected chi connectivity index (χ4v) is 3.55. The Labute approximate surface area is 173 Å². The van der Waals surface area contributed by atoms with Crippen LogP contribution in [0.25, 0.3) is 0 Å². The molecule has 2 aromatic rings. The number of halogens is 2. The summed E-state index contributed by atoms with van der Waals surface area (Å²) in [6, 6.07) is 5.21. The van der Waals surface area contributed by atoms with Crippen LogP contribution < -0.4 is 19.7 Å². The van der Waals surface area contributed by atoms with E-state index in [1.807, 2.05) is 0 Å². The van der Waals surface area contributed by atoms with Crippen LogP contribution in [0.5, 0.6) is 11.5 Å². The summed E-state index contributed by atoms with van der Waals surface area (Å²) in [6.45, 7) is -0.266. The Bertz CT molecular complexity index is 1160. The monoisotopic (exact) mass is 429 g/mol. The average molecular weight is 429 g/mol. The van der Waals surface area contributed by atoms with Gasteiger partial charge in [0, 0.05) is 17.8 Å². The zero-order valence-electron chi connectivity index (χ0n) is 15.6. The lowest BCUT2D eigenvalue weighted by atomic mass is 10.1. The number of rotatable bonds is 4. The molecule has 0 unspecified atom stereocenters. The minimum atomic E-state index is -1.20. The van der Waals surface area contributed by atoms with E-state index in [4.69, 9.17) is 9.47 Å². The lowest BCUT2D eigenvalue weighted by Gasteiger charge is -2.20. The van der Waals surface area contributed by atoms with Gasteiger partial charge in [-0.3, -0.25) is 19.4 Å². The number of nitrogens with zero attached hydrogens (tertiary/aromatic N) is 4. The highest BCUT2D eigenvalue weighted by Gasteiger charge is 2.55. The SMILES string of the molecule is O=C(CN1N=N[C@H]2C(=O)N(c3ccc(F)c(F)c3)C(=O)[C@@H]21)Nc1ccc2c(c1)OCO2. The topological polar surface area (TPSA) is 113 Å². The molecule has 1 N–H and O–H groups in total. The molecule has 158 valence electrons. The maximum absolute atomic E-state index is 13.6. The Morgan fingerprint density at radius 1 is 1.06 bits per heavy atom. The van der Waals surface area contributed by atoms with E-state index in [0.717, 1.165) is 28.1 Å². The van der Waals surface area contributed by atoms with Gasteiger partial charge in [0.05, 0.1) is 5.69 Å². The van der Waals surface area contributed by atoms with Crippen molar-refractivity contribution in [1.29, 1.82) is 0 Å². The van der Waals surface area contributed by atoms with Gasteiger partial charge in [0.2, 0.25) is 12.7 Å². The Kier molecular flexibility index (Phi) is 4.27. The van der Waals surface area contributed by atoms with Crippen molar-refractivity contribution in [3.05, 3.63) is 48.0 Å². The maximum Gasteiger partial charge on any atom is 0.263 e. The van der Waals surface area contributed by atoms with E-state index in [0.29, 0.717) is 17.2 Å². The number of carbonyl (C=O) groups is 3. The van der Waals surface area contributed by atoms with Gasteiger partial charge in [0.15, 0.2) is 35.2 Å². The van der Waals surface area contributed by atoms with Crippen LogP contribution in [0.1, 0.15) is 0 Å². The van der Waals surface area contributed by atoms with Crippen LogP contribution in [0.4, 0.5) is 20.2 Å². The Balaban J connectivity index is 1.30. The Hall–Kier alpha value is -4.09. The van der Waals surface area contributed by atoms with Crippen LogP contribution in [0, 0.1) is 11.6 Å². The largest absolute Gasteiger partial charge is 0.454 e. The first-order valence-corrected chi connectivity index (χ1v) is 9.12. The second kappa shape index (κ2) is 7.00. The number of nitrogens with one attached hydrogen (secondary N) is 1. The molecule has 0 aliphatic carbocycles. The summed E-state index contributed by atoms with van der Waals surface area (Å²) in [5, 5.41) is 11.3. The second-order valence-electron chi connectivity index (χ2n) is 6.92. The molecule has 31 heavy (non-hydrogen) atoms. The second-order valence-corrected chi connectivity index (χ2v) is 6.92. The van der Waals surface area contributed by atoms with Gasteiger partial charge >= 0.3 is 0 Å². The molecular weight excluding hydrogens is 416 g/mol. The van der Waals surface area contributed by atoms with Crippen molar-refractivity contribution in [3.63, 3.8) is 0 Å². The Morgan fingerprint density at radius 2 is 1.87 bits per heavy atom. The zero-order chi connectivity index (χ0) is 21.7. The van der Waals surface area contributed by atoms with Crippen molar-refractivity contribution >= 4 is 29.1 Å². The van der Waals surface area contributed by atoms with E-state index in [2.05, 4.69) is 15.7 Å². The Morgan fingerprint density at radius 3 is 2.68 bits per heavy atom. The van der Waals surface area contributed by atoms with Crippen molar-refractivity contribution in [1.82, 2.24) is 5.01 Å². The molecule has 3 amide bonds. The molecule has 0 saturated carbocycles. The highest BCUT2D eigenvalue weighted by Crippen LogP contribution is 2.35. The molecular formula is C19H13F2N5O5. The lowest BCUT2D eigenvalue weighted by molar-refractivity contribution is -0.123. The highest BCUT2D eigenvalue weighted by molar-refractivity contribution is 6.25. The number of hydrogen-bond acceptors (Lipinski definition) is 8. The molecule has 2 atom stereocenters. The summed E-state index contributed by atoms with van der Waals surface area (Å²) >= 11 is 0. The number of hydrogen-bond donors (Lipinski definition) is 1.